The highest BCUT2D eigenvalue weighted by molar-refractivity contribution is 6.00. The summed E-state index contributed by atoms with van der Waals surface area (Å²) in [7, 11) is 0. The van der Waals surface area contributed by atoms with E-state index in [4.69, 9.17) is 4.42 Å². The Labute approximate surface area is 132 Å². The van der Waals surface area contributed by atoms with Crippen LogP contribution in [-0.4, -0.2) is 26.4 Å². The van der Waals surface area contributed by atoms with E-state index in [1.54, 1.807) is 31.2 Å². The molecule has 0 fully saturated rings. The number of amides is 2. The minimum absolute atomic E-state index is 0.334. The first-order valence-electron chi connectivity index (χ1n) is 7.03. The van der Waals surface area contributed by atoms with Gasteiger partial charge in [0.15, 0.2) is 0 Å². The monoisotopic (exact) mass is 312 g/mol. The summed E-state index contributed by atoms with van der Waals surface area (Å²) in [5, 5.41) is 20.1. The maximum Gasteiger partial charge on any atom is 0.323 e. The fourth-order valence-corrected chi connectivity index (χ4v) is 2.12. The number of nitrogens with one attached hydrogen (secondary N) is 3. The molecule has 3 rings (SSSR count). The molecule has 0 bridgehead atoms. The topological polar surface area (TPSA) is 109 Å². The van der Waals surface area contributed by atoms with Crippen molar-refractivity contribution in [3.05, 3.63) is 41.5 Å². The Morgan fingerprint density at radius 2 is 1.83 bits per heavy atom. The minimum Gasteiger partial charge on any atom is -0.421 e. The van der Waals surface area contributed by atoms with Crippen LogP contribution in [0.5, 0.6) is 0 Å². The SMILES string of the molecule is Cc1nnc(-c2ccc(NC(=O)Nc3c(C)n[nH]c3C)cc2)o1. The van der Waals surface area contributed by atoms with E-state index in [9.17, 15) is 4.79 Å². The number of hydrogen-bond donors (Lipinski definition) is 3. The van der Waals surface area contributed by atoms with E-state index >= 15 is 0 Å². The number of aromatic nitrogens is 4. The molecule has 0 aliphatic carbocycles. The molecule has 0 aliphatic heterocycles. The molecule has 2 aromatic heterocycles. The molecule has 0 saturated heterocycles. The third-order valence-corrected chi connectivity index (χ3v) is 3.28. The van der Waals surface area contributed by atoms with Crippen LogP contribution < -0.4 is 10.6 Å². The number of aryl methyl sites for hydroxylation is 3. The van der Waals surface area contributed by atoms with Crippen LogP contribution in [0, 0.1) is 20.8 Å². The van der Waals surface area contributed by atoms with Crippen molar-refractivity contribution >= 4 is 17.4 Å². The predicted molar refractivity (Wildman–Crippen MR) is 85.2 cm³/mol. The van der Waals surface area contributed by atoms with Gasteiger partial charge in [-0.2, -0.15) is 5.10 Å². The second-order valence-corrected chi connectivity index (χ2v) is 5.09. The highest BCUT2D eigenvalue weighted by atomic mass is 16.4. The molecule has 118 valence electrons. The molecular formula is C15H16N6O2. The Hall–Kier alpha value is -3.16. The Balaban J connectivity index is 1.67. The molecule has 23 heavy (non-hydrogen) atoms. The fourth-order valence-electron chi connectivity index (χ4n) is 2.12. The molecule has 8 nitrogen and oxygen atoms in total. The molecule has 0 aliphatic rings. The number of aromatic amines is 1. The molecule has 2 heterocycles. The number of urea groups is 1. The maximum absolute atomic E-state index is 12.0. The van der Waals surface area contributed by atoms with Crippen molar-refractivity contribution in [2.45, 2.75) is 20.8 Å². The van der Waals surface area contributed by atoms with Gasteiger partial charge in [-0.05, 0) is 38.1 Å². The third kappa shape index (κ3) is 3.20. The van der Waals surface area contributed by atoms with Gasteiger partial charge in [-0.15, -0.1) is 10.2 Å². The van der Waals surface area contributed by atoms with Crippen molar-refractivity contribution in [1.82, 2.24) is 20.4 Å². The lowest BCUT2D eigenvalue weighted by molar-refractivity contribution is 0.262. The van der Waals surface area contributed by atoms with E-state index in [1.807, 2.05) is 13.8 Å². The molecule has 0 unspecified atom stereocenters. The van der Waals surface area contributed by atoms with Gasteiger partial charge < -0.3 is 15.1 Å². The number of benzene rings is 1. The van der Waals surface area contributed by atoms with Gasteiger partial charge in [-0.3, -0.25) is 5.10 Å². The van der Waals surface area contributed by atoms with Crippen LogP contribution in [0.1, 0.15) is 17.3 Å². The first-order valence-corrected chi connectivity index (χ1v) is 7.03. The molecule has 3 N–H and O–H groups in total. The van der Waals surface area contributed by atoms with Crippen molar-refractivity contribution in [3.8, 4) is 11.5 Å². The van der Waals surface area contributed by atoms with Gasteiger partial charge in [-0.25, -0.2) is 4.79 Å². The number of H-pyrrole nitrogens is 1. The van der Waals surface area contributed by atoms with E-state index in [1.165, 1.54) is 0 Å². The maximum atomic E-state index is 12.0. The zero-order valence-electron chi connectivity index (χ0n) is 13.0. The van der Waals surface area contributed by atoms with Crippen molar-refractivity contribution in [2.75, 3.05) is 10.6 Å². The van der Waals surface area contributed by atoms with Gasteiger partial charge in [-0.1, -0.05) is 0 Å². The lowest BCUT2D eigenvalue weighted by Crippen LogP contribution is -2.20. The first-order chi connectivity index (χ1) is 11.0. The van der Waals surface area contributed by atoms with Crippen LogP contribution in [0.25, 0.3) is 11.5 Å². The molecule has 8 heteroatoms. The van der Waals surface area contributed by atoms with Crippen LogP contribution >= 0.6 is 0 Å². The normalized spacial score (nSPS) is 10.6. The summed E-state index contributed by atoms with van der Waals surface area (Å²) in [5.41, 5.74) is 3.67. The molecule has 3 aromatic rings. The van der Waals surface area contributed by atoms with E-state index < -0.39 is 0 Å². The van der Waals surface area contributed by atoms with Crippen LogP contribution in [-0.2, 0) is 0 Å². The number of carbonyl (C=O) groups is 1. The van der Waals surface area contributed by atoms with Gasteiger partial charge in [0.2, 0.25) is 11.8 Å². The number of carbonyl (C=O) groups excluding carboxylic acids is 1. The Morgan fingerprint density at radius 3 is 2.39 bits per heavy atom. The second-order valence-electron chi connectivity index (χ2n) is 5.09. The van der Waals surface area contributed by atoms with Gasteiger partial charge in [0.25, 0.3) is 0 Å². The zero-order valence-corrected chi connectivity index (χ0v) is 13.0. The van der Waals surface area contributed by atoms with E-state index in [0.717, 1.165) is 17.0 Å². The number of nitrogens with zero attached hydrogens (tertiary/aromatic N) is 3. The van der Waals surface area contributed by atoms with Crippen molar-refractivity contribution in [1.29, 1.82) is 0 Å². The number of anilines is 2. The Bertz CT molecular complexity index is 815. The Kier molecular flexibility index (Phi) is 3.80. The molecule has 0 saturated carbocycles. The van der Waals surface area contributed by atoms with Crippen LogP contribution in [0.3, 0.4) is 0 Å². The lowest BCUT2D eigenvalue weighted by Gasteiger charge is -2.08. The zero-order chi connectivity index (χ0) is 16.4. The van der Waals surface area contributed by atoms with Crippen LogP contribution in [0.15, 0.2) is 28.7 Å². The van der Waals surface area contributed by atoms with E-state index in [2.05, 4.69) is 31.0 Å². The summed E-state index contributed by atoms with van der Waals surface area (Å²) in [4.78, 5) is 12.0. The molecule has 0 atom stereocenters. The lowest BCUT2D eigenvalue weighted by atomic mass is 10.2. The van der Waals surface area contributed by atoms with Crippen molar-refractivity contribution < 1.29 is 9.21 Å². The second kappa shape index (κ2) is 5.91. The summed E-state index contributed by atoms with van der Waals surface area (Å²) < 4.78 is 5.35. The molecule has 0 spiro atoms. The largest absolute Gasteiger partial charge is 0.421 e. The summed E-state index contributed by atoms with van der Waals surface area (Å²) in [6.07, 6.45) is 0. The highest BCUT2D eigenvalue weighted by Crippen LogP contribution is 2.21. The fraction of sp³-hybridized carbons (Fsp3) is 0.200. The van der Waals surface area contributed by atoms with Gasteiger partial charge >= 0.3 is 6.03 Å². The van der Waals surface area contributed by atoms with Gasteiger partial charge in [0, 0.05) is 18.2 Å². The Morgan fingerprint density at radius 1 is 1.09 bits per heavy atom. The average Bonchev–Trinajstić information content (AvgIpc) is 3.09. The minimum atomic E-state index is -0.334. The van der Waals surface area contributed by atoms with E-state index in [-0.39, 0.29) is 6.03 Å². The highest BCUT2D eigenvalue weighted by Gasteiger charge is 2.11. The summed E-state index contributed by atoms with van der Waals surface area (Å²) in [6, 6.07) is 6.81. The van der Waals surface area contributed by atoms with Crippen molar-refractivity contribution in [3.63, 3.8) is 0 Å². The number of hydrogen-bond acceptors (Lipinski definition) is 5. The average molecular weight is 312 g/mol. The third-order valence-electron chi connectivity index (χ3n) is 3.28. The number of rotatable bonds is 3. The molecule has 2 amide bonds. The van der Waals surface area contributed by atoms with Crippen molar-refractivity contribution in [2.24, 2.45) is 0 Å². The smallest absolute Gasteiger partial charge is 0.323 e. The first kappa shape index (κ1) is 14.8. The summed E-state index contributed by atoms with van der Waals surface area (Å²) >= 11 is 0. The van der Waals surface area contributed by atoms with Gasteiger partial charge in [0.1, 0.15) is 0 Å². The molecule has 0 radical (unpaired) electrons. The predicted octanol–water partition coefficient (Wildman–Crippen LogP) is 3.03. The standard InChI is InChI=1S/C15H16N6O2/c1-8-13(9(2)19-18-8)17-15(22)16-12-6-4-11(5-7-12)14-21-20-10(3)23-14/h4-7H,1-3H3,(H,18,19)(H2,16,17,22). The van der Waals surface area contributed by atoms with Crippen LogP contribution in [0.4, 0.5) is 16.2 Å². The van der Waals surface area contributed by atoms with E-state index in [0.29, 0.717) is 23.2 Å². The van der Waals surface area contributed by atoms with Crippen LogP contribution in [0.2, 0.25) is 0 Å². The molecule has 1 aromatic carbocycles. The quantitative estimate of drug-likeness (QED) is 0.688. The molecular weight excluding hydrogens is 296 g/mol. The summed E-state index contributed by atoms with van der Waals surface area (Å²) in [6.45, 7) is 5.40. The van der Waals surface area contributed by atoms with Gasteiger partial charge in [0.05, 0.1) is 17.1 Å². The summed E-state index contributed by atoms with van der Waals surface area (Å²) in [5.74, 6) is 0.954.